The Balaban J connectivity index is 2.75. The number of thiazole rings is 1. The Hall–Kier alpha value is -1.22. The van der Waals surface area contributed by atoms with Gasteiger partial charge in [0.25, 0.3) is 0 Å². The van der Waals surface area contributed by atoms with E-state index in [0.717, 1.165) is 21.8 Å². The average molecular weight is 190 g/mol. The molecular weight excluding hydrogens is 180 g/mol. The van der Waals surface area contributed by atoms with Crippen molar-refractivity contribution in [2.24, 2.45) is 0 Å². The first-order valence-electron chi connectivity index (χ1n) is 4.06. The molecule has 0 aliphatic rings. The van der Waals surface area contributed by atoms with Gasteiger partial charge in [-0.05, 0) is 25.5 Å². The summed E-state index contributed by atoms with van der Waals surface area (Å²) in [4.78, 5) is 8.66. The van der Waals surface area contributed by atoms with Gasteiger partial charge in [-0.1, -0.05) is 6.58 Å². The van der Waals surface area contributed by atoms with E-state index in [0.29, 0.717) is 0 Å². The number of fused-ring (bicyclic) bond motifs is 1. The number of hydrogen-bond donors (Lipinski definition) is 0. The highest BCUT2D eigenvalue weighted by Crippen LogP contribution is 2.26. The van der Waals surface area contributed by atoms with E-state index in [2.05, 4.69) is 16.5 Å². The molecule has 0 bridgehead atoms. The van der Waals surface area contributed by atoms with Crippen molar-refractivity contribution in [2.45, 2.75) is 13.8 Å². The zero-order valence-corrected chi connectivity index (χ0v) is 8.48. The van der Waals surface area contributed by atoms with E-state index in [9.17, 15) is 0 Å². The molecule has 2 aromatic rings. The van der Waals surface area contributed by atoms with E-state index in [-0.39, 0.29) is 0 Å². The molecular formula is C10H10N2S. The number of rotatable bonds is 1. The van der Waals surface area contributed by atoms with Crippen LogP contribution in [0.3, 0.4) is 0 Å². The smallest absolute Gasteiger partial charge is 0.119 e. The third-order valence-electron chi connectivity index (χ3n) is 1.86. The van der Waals surface area contributed by atoms with Crippen molar-refractivity contribution in [3.8, 4) is 0 Å². The summed E-state index contributed by atoms with van der Waals surface area (Å²) in [5, 5.41) is 1.01. The Morgan fingerprint density at radius 2 is 2.31 bits per heavy atom. The Bertz CT molecular complexity index is 471. The summed E-state index contributed by atoms with van der Waals surface area (Å²) in [5.74, 6) is 0. The molecule has 0 fully saturated rings. The second-order valence-electron chi connectivity index (χ2n) is 3.04. The Morgan fingerprint density at radius 1 is 1.54 bits per heavy atom. The van der Waals surface area contributed by atoms with Gasteiger partial charge in [0.2, 0.25) is 0 Å². The molecule has 66 valence electrons. The highest BCUT2D eigenvalue weighted by Gasteiger charge is 2.05. The topological polar surface area (TPSA) is 25.8 Å². The van der Waals surface area contributed by atoms with Gasteiger partial charge in [0, 0.05) is 6.20 Å². The molecule has 0 unspecified atom stereocenters. The molecule has 3 heteroatoms. The fraction of sp³-hybridized carbons (Fsp3) is 0.200. The lowest BCUT2D eigenvalue weighted by Gasteiger charge is -1.89. The minimum Gasteiger partial charge on any atom is -0.259 e. The van der Waals surface area contributed by atoms with Crippen LogP contribution in [0, 0.1) is 6.92 Å². The first-order chi connectivity index (χ1) is 6.18. The van der Waals surface area contributed by atoms with Gasteiger partial charge < -0.3 is 0 Å². The standard InChI is InChI=1S/C10H10N2S/c1-6(2)10-12-9-7(3)11-5-4-8(9)13-10/h4-5H,1H2,2-3H3. The zero-order valence-electron chi connectivity index (χ0n) is 7.66. The molecule has 0 aromatic carbocycles. The van der Waals surface area contributed by atoms with Crippen molar-refractivity contribution < 1.29 is 0 Å². The lowest BCUT2D eigenvalue weighted by atomic mass is 10.3. The van der Waals surface area contributed by atoms with Crippen molar-refractivity contribution in [2.75, 3.05) is 0 Å². The van der Waals surface area contributed by atoms with E-state index in [1.54, 1.807) is 11.3 Å². The monoisotopic (exact) mass is 190 g/mol. The molecule has 13 heavy (non-hydrogen) atoms. The fourth-order valence-corrected chi connectivity index (χ4v) is 2.10. The largest absolute Gasteiger partial charge is 0.259 e. The van der Waals surface area contributed by atoms with Gasteiger partial charge in [-0.15, -0.1) is 11.3 Å². The summed E-state index contributed by atoms with van der Waals surface area (Å²) in [5.41, 5.74) is 3.01. The van der Waals surface area contributed by atoms with Crippen LogP contribution in [0.2, 0.25) is 0 Å². The maximum atomic E-state index is 4.47. The minimum absolute atomic E-state index is 0.987. The fourth-order valence-electron chi connectivity index (χ4n) is 1.16. The van der Waals surface area contributed by atoms with Crippen LogP contribution in [0.5, 0.6) is 0 Å². The quantitative estimate of drug-likeness (QED) is 0.690. The van der Waals surface area contributed by atoms with Gasteiger partial charge in [0.15, 0.2) is 0 Å². The van der Waals surface area contributed by atoms with Crippen molar-refractivity contribution >= 4 is 27.1 Å². The van der Waals surface area contributed by atoms with Crippen LogP contribution < -0.4 is 0 Å². The van der Waals surface area contributed by atoms with E-state index < -0.39 is 0 Å². The van der Waals surface area contributed by atoms with Gasteiger partial charge >= 0.3 is 0 Å². The Kier molecular flexibility index (Phi) is 1.88. The predicted molar refractivity (Wildman–Crippen MR) is 56.9 cm³/mol. The number of allylic oxidation sites excluding steroid dienone is 1. The lowest BCUT2D eigenvalue weighted by molar-refractivity contribution is 1.21. The number of hydrogen-bond acceptors (Lipinski definition) is 3. The number of aryl methyl sites for hydroxylation is 1. The highest BCUT2D eigenvalue weighted by molar-refractivity contribution is 7.19. The van der Waals surface area contributed by atoms with E-state index in [1.807, 2.05) is 26.1 Å². The van der Waals surface area contributed by atoms with E-state index in [1.165, 1.54) is 4.70 Å². The molecule has 0 saturated heterocycles. The van der Waals surface area contributed by atoms with Crippen molar-refractivity contribution in [3.63, 3.8) is 0 Å². The molecule has 2 aromatic heterocycles. The summed E-state index contributed by atoms with van der Waals surface area (Å²) in [6.45, 7) is 7.83. The van der Waals surface area contributed by atoms with E-state index in [4.69, 9.17) is 0 Å². The Morgan fingerprint density at radius 3 is 2.92 bits per heavy atom. The van der Waals surface area contributed by atoms with Crippen LogP contribution in [0.25, 0.3) is 15.8 Å². The number of pyridine rings is 1. The van der Waals surface area contributed by atoms with E-state index >= 15 is 0 Å². The normalized spacial score (nSPS) is 10.6. The summed E-state index contributed by atoms with van der Waals surface area (Å²) in [6, 6.07) is 1.99. The molecule has 0 aliphatic heterocycles. The predicted octanol–water partition coefficient (Wildman–Crippen LogP) is 3.03. The first-order valence-corrected chi connectivity index (χ1v) is 4.88. The van der Waals surface area contributed by atoms with Crippen molar-refractivity contribution in [1.29, 1.82) is 0 Å². The van der Waals surface area contributed by atoms with Gasteiger partial charge in [0.05, 0.1) is 10.4 Å². The molecule has 0 saturated carbocycles. The van der Waals surface area contributed by atoms with Crippen LogP contribution in [-0.2, 0) is 0 Å². The maximum Gasteiger partial charge on any atom is 0.119 e. The summed E-state index contributed by atoms with van der Waals surface area (Å²) < 4.78 is 1.19. The third-order valence-corrected chi connectivity index (χ3v) is 3.04. The molecule has 0 atom stereocenters. The summed E-state index contributed by atoms with van der Waals surface area (Å²) in [7, 11) is 0. The van der Waals surface area contributed by atoms with Gasteiger partial charge in [-0.2, -0.15) is 0 Å². The number of nitrogens with zero attached hydrogens (tertiary/aromatic N) is 2. The molecule has 0 amide bonds. The van der Waals surface area contributed by atoms with Crippen LogP contribution in [0.4, 0.5) is 0 Å². The van der Waals surface area contributed by atoms with Gasteiger partial charge in [0.1, 0.15) is 10.5 Å². The van der Waals surface area contributed by atoms with Crippen LogP contribution >= 0.6 is 11.3 Å². The van der Waals surface area contributed by atoms with Gasteiger partial charge in [-0.25, -0.2) is 4.98 Å². The molecule has 0 N–H and O–H groups in total. The SMILES string of the molecule is C=C(C)c1nc2c(C)nccc2s1. The third kappa shape index (κ3) is 1.35. The first kappa shape index (κ1) is 8.38. The second-order valence-corrected chi connectivity index (χ2v) is 4.07. The molecule has 2 nitrogen and oxygen atoms in total. The zero-order chi connectivity index (χ0) is 9.42. The Labute approximate surface area is 81.0 Å². The molecule has 0 radical (unpaired) electrons. The lowest BCUT2D eigenvalue weighted by Crippen LogP contribution is -1.81. The summed E-state index contributed by atoms with van der Waals surface area (Å²) >= 11 is 1.67. The van der Waals surface area contributed by atoms with Crippen LogP contribution in [0.1, 0.15) is 17.6 Å². The molecule has 0 spiro atoms. The average Bonchev–Trinajstić information content (AvgIpc) is 2.49. The molecule has 2 heterocycles. The van der Waals surface area contributed by atoms with Crippen LogP contribution in [-0.4, -0.2) is 9.97 Å². The summed E-state index contributed by atoms with van der Waals surface area (Å²) in [6.07, 6.45) is 1.82. The van der Waals surface area contributed by atoms with Crippen molar-refractivity contribution in [1.82, 2.24) is 9.97 Å². The van der Waals surface area contributed by atoms with Gasteiger partial charge in [-0.3, -0.25) is 4.98 Å². The molecule has 0 aliphatic carbocycles. The highest BCUT2D eigenvalue weighted by atomic mass is 32.1. The molecule has 2 rings (SSSR count). The van der Waals surface area contributed by atoms with Crippen molar-refractivity contribution in [3.05, 3.63) is 29.5 Å². The van der Waals surface area contributed by atoms with Crippen LogP contribution in [0.15, 0.2) is 18.8 Å². The maximum absolute atomic E-state index is 4.47. The second kappa shape index (κ2) is 2.92. The minimum atomic E-state index is 0.987. The number of aromatic nitrogens is 2.